The Bertz CT molecular complexity index is 1020. The predicted molar refractivity (Wildman–Crippen MR) is 114 cm³/mol. The van der Waals surface area contributed by atoms with Gasteiger partial charge in [0, 0.05) is 11.3 Å². The minimum Gasteiger partial charge on any atom is -0.241 e. The number of rotatable bonds is 5. The molecule has 0 bridgehead atoms. The Morgan fingerprint density at radius 1 is 0.852 bits per heavy atom. The summed E-state index contributed by atoms with van der Waals surface area (Å²) in [6, 6.07) is 22.9. The molecule has 0 saturated carbocycles. The van der Waals surface area contributed by atoms with Gasteiger partial charge in [0.15, 0.2) is 0 Å². The maximum Gasteiger partial charge on any atom is 0.124 e. The van der Waals surface area contributed by atoms with Crippen LogP contribution >= 0.6 is 23.1 Å². The topological polar surface area (TPSA) is 38.7 Å². The van der Waals surface area contributed by atoms with Crippen molar-refractivity contribution in [1.82, 2.24) is 15.2 Å². The summed E-state index contributed by atoms with van der Waals surface area (Å²) in [7, 11) is 0. The molecule has 0 atom stereocenters. The first kappa shape index (κ1) is 17.9. The molecule has 3 nitrogen and oxygen atoms in total. The van der Waals surface area contributed by atoms with Gasteiger partial charge >= 0.3 is 0 Å². The number of aryl methyl sites for hydroxylation is 2. The van der Waals surface area contributed by atoms with Crippen molar-refractivity contribution in [2.45, 2.75) is 24.6 Å². The van der Waals surface area contributed by atoms with Gasteiger partial charge in [0.1, 0.15) is 15.7 Å². The molecule has 0 fully saturated rings. The molecule has 5 heteroatoms. The van der Waals surface area contributed by atoms with E-state index in [1.165, 1.54) is 11.1 Å². The molecule has 2 heterocycles. The van der Waals surface area contributed by atoms with Crippen LogP contribution in [-0.4, -0.2) is 15.2 Å². The fourth-order valence-electron chi connectivity index (χ4n) is 2.70. The van der Waals surface area contributed by atoms with Crippen molar-refractivity contribution in [1.29, 1.82) is 0 Å². The van der Waals surface area contributed by atoms with E-state index >= 15 is 0 Å². The average Bonchev–Trinajstić information content (AvgIpc) is 3.10. The summed E-state index contributed by atoms with van der Waals surface area (Å²) < 4.78 is 0. The molecular formula is C22H19N3S2. The summed E-state index contributed by atoms with van der Waals surface area (Å²) in [6.45, 7) is 4.13. The van der Waals surface area contributed by atoms with Gasteiger partial charge in [-0.1, -0.05) is 71.9 Å². The maximum absolute atomic E-state index is 4.71. The number of hydrogen-bond donors (Lipinski definition) is 0. The third kappa shape index (κ3) is 4.26. The largest absolute Gasteiger partial charge is 0.241 e. The van der Waals surface area contributed by atoms with E-state index in [0.29, 0.717) is 0 Å². The molecule has 4 aromatic rings. The van der Waals surface area contributed by atoms with Crippen LogP contribution in [0.5, 0.6) is 0 Å². The minimum atomic E-state index is 0.881. The second-order valence-electron chi connectivity index (χ2n) is 6.33. The van der Waals surface area contributed by atoms with Gasteiger partial charge in [-0.15, -0.1) is 21.5 Å². The highest BCUT2D eigenvalue weighted by atomic mass is 32.2. The maximum atomic E-state index is 4.71. The number of thiazole rings is 1. The molecule has 0 N–H and O–H groups in total. The summed E-state index contributed by atoms with van der Waals surface area (Å²) in [5.74, 6) is 0.895. The SMILES string of the molecule is Cc1ccc(CSc2ccc(-c3sc(-c4ccccc4)nc3C)nn2)cc1. The zero-order chi connectivity index (χ0) is 18.6. The molecule has 27 heavy (non-hydrogen) atoms. The van der Waals surface area contributed by atoms with E-state index < -0.39 is 0 Å². The Hall–Kier alpha value is -2.50. The van der Waals surface area contributed by atoms with Crippen molar-refractivity contribution in [3.63, 3.8) is 0 Å². The Morgan fingerprint density at radius 2 is 1.63 bits per heavy atom. The molecule has 0 aliphatic rings. The number of thioether (sulfide) groups is 1. The highest BCUT2D eigenvalue weighted by Crippen LogP contribution is 2.34. The molecule has 0 aliphatic heterocycles. The molecule has 0 unspecified atom stereocenters. The van der Waals surface area contributed by atoms with Crippen molar-refractivity contribution in [3.8, 4) is 21.1 Å². The first-order valence-electron chi connectivity index (χ1n) is 8.74. The van der Waals surface area contributed by atoms with E-state index in [1.54, 1.807) is 23.1 Å². The number of aromatic nitrogens is 3. The minimum absolute atomic E-state index is 0.881. The van der Waals surface area contributed by atoms with Crippen LogP contribution in [0.15, 0.2) is 71.8 Å². The lowest BCUT2D eigenvalue weighted by Crippen LogP contribution is -1.90. The van der Waals surface area contributed by atoms with E-state index in [1.807, 2.05) is 37.3 Å². The molecule has 4 rings (SSSR count). The second-order valence-corrected chi connectivity index (χ2v) is 8.33. The van der Waals surface area contributed by atoms with Crippen LogP contribution in [0.25, 0.3) is 21.1 Å². The number of benzene rings is 2. The standard InChI is InChI=1S/C22H19N3S2/c1-15-8-10-17(11-9-15)14-26-20-13-12-19(24-25-20)21-16(2)23-22(27-21)18-6-4-3-5-7-18/h3-13H,14H2,1-2H3. The third-order valence-electron chi connectivity index (χ3n) is 4.20. The van der Waals surface area contributed by atoms with E-state index in [4.69, 9.17) is 4.98 Å². The third-order valence-corrected chi connectivity index (χ3v) is 6.42. The van der Waals surface area contributed by atoms with Crippen LogP contribution in [0, 0.1) is 13.8 Å². The summed E-state index contributed by atoms with van der Waals surface area (Å²) in [4.78, 5) is 5.79. The molecule has 0 radical (unpaired) electrons. The first-order valence-corrected chi connectivity index (χ1v) is 10.5. The zero-order valence-corrected chi connectivity index (χ0v) is 16.8. The molecule has 2 aromatic carbocycles. The van der Waals surface area contributed by atoms with Gasteiger partial charge < -0.3 is 0 Å². The highest BCUT2D eigenvalue weighted by molar-refractivity contribution is 7.98. The van der Waals surface area contributed by atoms with Gasteiger partial charge in [0.05, 0.1) is 10.6 Å². The molecule has 0 saturated heterocycles. The normalized spacial score (nSPS) is 10.9. The number of nitrogens with zero attached hydrogens (tertiary/aromatic N) is 3. The monoisotopic (exact) mass is 389 g/mol. The molecule has 0 amide bonds. The Kier molecular flexibility index (Phi) is 5.32. The van der Waals surface area contributed by atoms with E-state index in [0.717, 1.165) is 37.6 Å². The van der Waals surface area contributed by atoms with Crippen molar-refractivity contribution in [2.24, 2.45) is 0 Å². The van der Waals surface area contributed by atoms with Crippen LogP contribution < -0.4 is 0 Å². The van der Waals surface area contributed by atoms with E-state index in [2.05, 4.69) is 53.5 Å². The van der Waals surface area contributed by atoms with Crippen LogP contribution in [0.2, 0.25) is 0 Å². The van der Waals surface area contributed by atoms with Crippen molar-refractivity contribution >= 4 is 23.1 Å². The van der Waals surface area contributed by atoms with Crippen LogP contribution in [0.3, 0.4) is 0 Å². The van der Waals surface area contributed by atoms with E-state index in [-0.39, 0.29) is 0 Å². The Balaban J connectivity index is 1.49. The van der Waals surface area contributed by atoms with Crippen LogP contribution in [0.4, 0.5) is 0 Å². The average molecular weight is 390 g/mol. The molecule has 0 aliphatic carbocycles. The molecule has 0 spiro atoms. The van der Waals surface area contributed by atoms with Crippen molar-refractivity contribution < 1.29 is 0 Å². The lowest BCUT2D eigenvalue weighted by atomic mass is 10.2. The fraction of sp³-hybridized carbons (Fsp3) is 0.136. The Morgan fingerprint density at radius 3 is 2.33 bits per heavy atom. The van der Waals surface area contributed by atoms with Gasteiger partial charge in [0.2, 0.25) is 0 Å². The Labute approximate surface area is 167 Å². The fourth-order valence-corrected chi connectivity index (χ4v) is 4.50. The first-order chi connectivity index (χ1) is 13.2. The van der Waals surface area contributed by atoms with Crippen LogP contribution in [-0.2, 0) is 5.75 Å². The smallest absolute Gasteiger partial charge is 0.124 e. The number of hydrogen-bond acceptors (Lipinski definition) is 5. The summed E-state index contributed by atoms with van der Waals surface area (Å²) in [5, 5.41) is 10.8. The van der Waals surface area contributed by atoms with Crippen LogP contribution in [0.1, 0.15) is 16.8 Å². The van der Waals surface area contributed by atoms with Crippen molar-refractivity contribution in [2.75, 3.05) is 0 Å². The lowest BCUT2D eigenvalue weighted by Gasteiger charge is -2.03. The lowest BCUT2D eigenvalue weighted by molar-refractivity contribution is 0.936. The summed E-state index contributed by atoms with van der Waals surface area (Å²) >= 11 is 3.37. The predicted octanol–water partition coefficient (Wildman–Crippen LogP) is 6.18. The second kappa shape index (κ2) is 8.03. The highest BCUT2D eigenvalue weighted by Gasteiger charge is 2.13. The van der Waals surface area contributed by atoms with Crippen molar-refractivity contribution in [3.05, 3.63) is 83.6 Å². The van der Waals surface area contributed by atoms with Gasteiger partial charge in [-0.2, -0.15) is 0 Å². The van der Waals surface area contributed by atoms with Gasteiger partial charge in [-0.3, -0.25) is 0 Å². The molecule has 134 valence electrons. The van der Waals surface area contributed by atoms with Gasteiger partial charge in [-0.25, -0.2) is 4.98 Å². The summed E-state index contributed by atoms with van der Waals surface area (Å²) in [6.07, 6.45) is 0. The summed E-state index contributed by atoms with van der Waals surface area (Å²) in [5.41, 5.74) is 5.58. The molecule has 2 aromatic heterocycles. The molecular weight excluding hydrogens is 370 g/mol. The van der Waals surface area contributed by atoms with Gasteiger partial charge in [0.25, 0.3) is 0 Å². The quantitative estimate of drug-likeness (QED) is 0.382. The van der Waals surface area contributed by atoms with E-state index in [9.17, 15) is 0 Å². The van der Waals surface area contributed by atoms with Gasteiger partial charge in [-0.05, 0) is 31.5 Å². The zero-order valence-electron chi connectivity index (χ0n) is 15.2.